The lowest BCUT2D eigenvalue weighted by Crippen LogP contribution is -2.42. The lowest BCUT2D eigenvalue weighted by molar-refractivity contribution is -0.140. The van der Waals surface area contributed by atoms with Crippen molar-refractivity contribution in [1.82, 2.24) is 5.32 Å². The van der Waals surface area contributed by atoms with E-state index < -0.39 is 6.04 Å². The second kappa shape index (κ2) is 21.0. The zero-order valence-electron chi connectivity index (χ0n) is 18.1. The third-order valence-electron chi connectivity index (χ3n) is 5.12. The Labute approximate surface area is 178 Å². The summed E-state index contributed by atoms with van der Waals surface area (Å²) in [6, 6.07) is -0.485. The van der Waals surface area contributed by atoms with Gasteiger partial charge in [-0.2, -0.15) is 12.6 Å². The van der Waals surface area contributed by atoms with Gasteiger partial charge in [0.05, 0.1) is 13.2 Å². The van der Waals surface area contributed by atoms with Gasteiger partial charge in [-0.1, -0.05) is 83.5 Å². The van der Waals surface area contributed by atoms with E-state index in [-0.39, 0.29) is 11.9 Å². The van der Waals surface area contributed by atoms with E-state index >= 15 is 0 Å². The molecule has 0 radical (unpaired) electrons. The summed E-state index contributed by atoms with van der Waals surface area (Å²) in [6.07, 6.45) is 19.4. The van der Waals surface area contributed by atoms with E-state index in [2.05, 4.69) is 22.7 Å². The summed E-state index contributed by atoms with van der Waals surface area (Å²) in [7, 11) is 1.45. The Bertz CT molecular complexity index is 381. The first-order chi connectivity index (χ1) is 13.6. The van der Waals surface area contributed by atoms with Crippen LogP contribution in [0.15, 0.2) is 0 Å². The Kier molecular flexibility index (Phi) is 20.4. The fourth-order valence-electron chi connectivity index (χ4n) is 3.22. The van der Waals surface area contributed by atoms with Crippen molar-refractivity contribution in [2.45, 2.75) is 109 Å². The molecule has 0 aromatic rings. The van der Waals surface area contributed by atoms with E-state index in [1.165, 1.54) is 84.2 Å². The molecule has 6 heteroatoms. The number of carbonyl (C=O) groups excluding carboxylic acids is 2. The molecule has 0 bridgehead atoms. The van der Waals surface area contributed by atoms with Crippen molar-refractivity contribution in [1.29, 1.82) is 0 Å². The molecule has 0 aliphatic carbocycles. The number of nitrogens with one attached hydrogen (secondary N) is 1. The van der Waals surface area contributed by atoms with Crippen molar-refractivity contribution in [2.75, 3.05) is 19.4 Å². The lowest BCUT2D eigenvalue weighted by atomic mass is 10.0. The van der Waals surface area contributed by atoms with Gasteiger partial charge in [-0.15, -0.1) is 0 Å². The van der Waals surface area contributed by atoms with Crippen LogP contribution in [0.2, 0.25) is 0 Å². The average molecular weight is 417 g/mol. The molecule has 0 aliphatic rings. The molecule has 0 aromatic carbocycles. The van der Waals surface area contributed by atoms with Crippen molar-refractivity contribution in [2.24, 2.45) is 5.73 Å². The van der Waals surface area contributed by atoms with Gasteiger partial charge in [-0.3, -0.25) is 9.59 Å². The fraction of sp³-hybridized carbons (Fsp3) is 0.909. The molecule has 1 unspecified atom stereocenters. The van der Waals surface area contributed by atoms with Crippen LogP contribution < -0.4 is 11.1 Å². The number of carbonyl (C=O) groups is 2. The highest BCUT2D eigenvalue weighted by Crippen LogP contribution is 2.13. The highest BCUT2D eigenvalue weighted by Gasteiger charge is 2.09. The van der Waals surface area contributed by atoms with Crippen molar-refractivity contribution in [3.8, 4) is 0 Å². The van der Waals surface area contributed by atoms with Crippen LogP contribution in [0.1, 0.15) is 103 Å². The summed E-state index contributed by atoms with van der Waals surface area (Å²) in [5.41, 5.74) is 5.60. The van der Waals surface area contributed by atoms with Crippen molar-refractivity contribution >= 4 is 24.5 Å². The Morgan fingerprint density at radius 1 is 0.786 bits per heavy atom. The molecular formula is C22H44N2O3S. The summed E-state index contributed by atoms with van der Waals surface area (Å²) in [5, 5.41) is 2.86. The van der Waals surface area contributed by atoms with Crippen molar-refractivity contribution in [3.63, 3.8) is 0 Å². The minimum Gasteiger partial charge on any atom is -0.469 e. The van der Waals surface area contributed by atoms with Crippen LogP contribution in [-0.4, -0.2) is 37.3 Å². The number of rotatable bonds is 20. The van der Waals surface area contributed by atoms with Gasteiger partial charge >= 0.3 is 5.97 Å². The van der Waals surface area contributed by atoms with Crippen LogP contribution in [0.5, 0.6) is 0 Å². The van der Waals surface area contributed by atoms with E-state index in [0.29, 0.717) is 12.2 Å². The summed E-state index contributed by atoms with van der Waals surface area (Å²) < 4.78 is 4.64. The Morgan fingerprint density at radius 3 is 1.57 bits per heavy atom. The molecule has 0 heterocycles. The van der Waals surface area contributed by atoms with Crippen molar-refractivity contribution < 1.29 is 14.3 Å². The van der Waals surface area contributed by atoms with Crippen LogP contribution in [0.25, 0.3) is 0 Å². The van der Waals surface area contributed by atoms with E-state index in [1.54, 1.807) is 0 Å². The number of thiol groups is 1. The SMILES string of the molecule is COC(=O)CCCCCCCCCCCCCCCCCNC(=O)C(N)CS. The number of nitrogens with two attached hydrogens (primary N) is 1. The van der Waals surface area contributed by atoms with Gasteiger partial charge in [-0.05, 0) is 12.8 Å². The molecule has 3 N–H and O–H groups in total. The van der Waals surface area contributed by atoms with E-state index in [9.17, 15) is 9.59 Å². The first kappa shape index (κ1) is 27.2. The maximum absolute atomic E-state index is 11.5. The number of hydrogen-bond donors (Lipinski definition) is 3. The Hall–Kier alpha value is -0.750. The normalized spacial score (nSPS) is 12.0. The lowest BCUT2D eigenvalue weighted by Gasteiger charge is -2.09. The number of methoxy groups -OCH3 is 1. The molecule has 0 aromatic heterocycles. The summed E-state index contributed by atoms with van der Waals surface area (Å²) in [6.45, 7) is 0.728. The van der Waals surface area contributed by atoms with Gasteiger partial charge < -0.3 is 15.8 Å². The molecule has 0 saturated carbocycles. The zero-order valence-corrected chi connectivity index (χ0v) is 18.9. The largest absolute Gasteiger partial charge is 0.469 e. The number of amides is 1. The Balaban J connectivity index is 3.12. The van der Waals surface area contributed by atoms with Gasteiger partial charge in [0, 0.05) is 18.7 Å². The van der Waals surface area contributed by atoms with Gasteiger partial charge in [0.1, 0.15) is 0 Å². The predicted molar refractivity (Wildman–Crippen MR) is 121 cm³/mol. The second-order valence-corrected chi connectivity index (χ2v) is 8.07. The minimum atomic E-state index is -0.485. The van der Waals surface area contributed by atoms with Crippen LogP contribution in [0, 0.1) is 0 Å². The van der Waals surface area contributed by atoms with E-state index in [4.69, 9.17) is 5.73 Å². The highest BCUT2D eigenvalue weighted by atomic mass is 32.1. The first-order valence-electron chi connectivity index (χ1n) is 11.3. The first-order valence-corrected chi connectivity index (χ1v) is 12.0. The molecule has 5 nitrogen and oxygen atoms in total. The standard InChI is InChI=1S/C22H44N2O3S/c1-27-21(25)17-15-13-11-9-7-5-3-2-4-6-8-10-12-14-16-18-24-22(26)20(23)19-28/h20,28H,2-19,23H2,1H3,(H,24,26). The quantitative estimate of drug-likeness (QED) is 0.152. The third-order valence-corrected chi connectivity index (χ3v) is 5.51. The summed E-state index contributed by atoms with van der Waals surface area (Å²) >= 11 is 4.02. The topological polar surface area (TPSA) is 81.4 Å². The molecule has 1 atom stereocenters. The van der Waals surface area contributed by atoms with Crippen LogP contribution in [0.4, 0.5) is 0 Å². The Morgan fingerprint density at radius 2 is 1.18 bits per heavy atom. The maximum Gasteiger partial charge on any atom is 0.305 e. The van der Waals surface area contributed by atoms with Crippen LogP contribution in [-0.2, 0) is 14.3 Å². The monoisotopic (exact) mass is 416 g/mol. The maximum atomic E-state index is 11.5. The predicted octanol–water partition coefficient (Wildman–Crippen LogP) is 4.77. The zero-order chi connectivity index (χ0) is 20.9. The highest BCUT2D eigenvalue weighted by molar-refractivity contribution is 7.80. The molecular weight excluding hydrogens is 372 g/mol. The summed E-state index contributed by atoms with van der Waals surface area (Å²) in [5.74, 6) is 0.219. The second-order valence-electron chi connectivity index (χ2n) is 7.71. The number of esters is 1. The summed E-state index contributed by atoms with van der Waals surface area (Å²) in [4.78, 5) is 22.4. The molecule has 0 fully saturated rings. The van der Waals surface area contributed by atoms with Gasteiger partial charge in [0.2, 0.25) is 5.91 Å². The molecule has 166 valence electrons. The molecule has 0 aliphatic heterocycles. The molecule has 1 amide bonds. The molecule has 0 saturated heterocycles. The van der Waals surface area contributed by atoms with Crippen molar-refractivity contribution in [3.05, 3.63) is 0 Å². The fourth-order valence-corrected chi connectivity index (χ4v) is 3.39. The van der Waals surface area contributed by atoms with E-state index in [0.717, 1.165) is 25.8 Å². The van der Waals surface area contributed by atoms with Gasteiger partial charge in [-0.25, -0.2) is 0 Å². The van der Waals surface area contributed by atoms with Crippen LogP contribution in [0.3, 0.4) is 0 Å². The van der Waals surface area contributed by atoms with E-state index in [1.807, 2.05) is 0 Å². The molecule has 0 rings (SSSR count). The smallest absolute Gasteiger partial charge is 0.305 e. The number of unbranched alkanes of at least 4 members (excludes halogenated alkanes) is 14. The van der Waals surface area contributed by atoms with Gasteiger partial charge in [0.25, 0.3) is 0 Å². The minimum absolute atomic E-state index is 0.0846. The number of ether oxygens (including phenoxy) is 1. The van der Waals surface area contributed by atoms with Crippen LogP contribution >= 0.6 is 12.6 Å². The molecule has 0 spiro atoms. The third kappa shape index (κ3) is 18.6. The molecule has 28 heavy (non-hydrogen) atoms. The average Bonchev–Trinajstić information content (AvgIpc) is 2.71. The van der Waals surface area contributed by atoms with Gasteiger partial charge in [0.15, 0.2) is 0 Å². The number of hydrogen-bond acceptors (Lipinski definition) is 5.